The van der Waals surface area contributed by atoms with Crippen LogP contribution >= 0.6 is 0 Å². The number of rotatable bonds is 7. The van der Waals surface area contributed by atoms with E-state index in [0.717, 1.165) is 18.7 Å². The fourth-order valence-corrected chi connectivity index (χ4v) is 1.58. The summed E-state index contributed by atoms with van der Waals surface area (Å²) in [5.41, 5.74) is 1.87. The van der Waals surface area contributed by atoms with E-state index in [1.54, 1.807) is 0 Å². The van der Waals surface area contributed by atoms with Crippen LogP contribution < -0.4 is 5.32 Å². The smallest absolute Gasteiger partial charge is 0.333 e. The van der Waals surface area contributed by atoms with Crippen LogP contribution in [0.3, 0.4) is 0 Å². The van der Waals surface area contributed by atoms with Crippen molar-refractivity contribution in [3.05, 3.63) is 29.6 Å². The number of aromatic nitrogens is 2. The van der Waals surface area contributed by atoms with E-state index >= 15 is 0 Å². The molecule has 1 rings (SSSR count). The van der Waals surface area contributed by atoms with Gasteiger partial charge in [0.05, 0.1) is 19.9 Å². The van der Waals surface area contributed by atoms with Crippen molar-refractivity contribution in [2.75, 3.05) is 20.2 Å². The molecule has 0 bridgehead atoms. The molecule has 0 fully saturated rings. The molecule has 1 heterocycles. The van der Waals surface area contributed by atoms with Gasteiger partial charge in [-0.25, -0.2) is 4.79 Å². The monoisotopic (exact) mass is 251 g/mol. The molecule has 0 spiro atoms. The van der Waals surface area contributed by atoms with Crippen molar-refractivity contribution < 1.29 is 9.53 Å². The van der Waals surface area contributed by atoms with Crippen molar-refractivity contribution in [1.29, 1.82) is 0 Å². The molecule has 5 nitrogen and oxygen atoms in total. The van der Waals surface area contributed by atoms with Gasteiger partial charge < -0.3 is 10.1 Å². The first-order valence-corrected chi connectivity index (χ1v) is 6.14. The van der Waals surface area contributed by atoms with Crippen LogP contribution in [0.4, 0.5) is 0 Å². The minimum absolute atomic E-state index is 0.248. The highest BCUT2D eigenvalue weighted by atomic mass is 16.5. The second-order valence-corrected chi connectivity index (χ2v) is 4.06. The maximum Gasteiger partial charge on any atom is 0.333 e. The molecule has 0 unspecified atom stereocenters. The molecule has 0 amide bonds. The van der Waals surface area contributed by atoms with E-state index in [1.165, 1.54) is 7.11 Å². The third kappa shape index (κ3) is 4.71. The van der Waals surface area contributed by atoms with Crippen molar-refractivity contribution in [3.8, 4) is 0 Å². The van der Waals surface area contributed by atoms with Crippen LogP contribution in [-0.4, -0.2) is 35.9 Å². The number of carbonyl (C=O) groups excluding carboxylic acids is 1. The highest BCUT2D eigenvalue weighted by Gasteiger charge is 2.05. The van der Waals surface area contributed by atoms with Gasteiger partial charge in [0.1, 0.15) is 0 Å². The third-order valence-electron chi connectivity index (χ3n) is 2.60. The lowest BCUT2D eigenvalue weighted by Crippen LogP contribution is -2.21. The minimum Gasteiger partial charge on any atom is -0.466 e. The Bertz CT molecular complexity index is 410. The first-order valence-electron chi connectivity index (χ1n) is 6.14. The van der Waals surface area contributed by atoms with Gasteiger partial charge >= 0.3 is 5.97 Å². The first kappa shape index (κ1) is 14.4. The number of nitrogens with one attached hydrogen (secondary N) is 1. The number of methoxy groups -OCH3 is 1. The van der Waals surface area contributed by atoms with Gasteiger partial charge in [-0.1, -0.05) is 13.0 Å². The molecule has 1 aromatic rings. The van der Waals surface area contributed by atoms with E-state index in [4.69, 9.17) is 0 Å². The second kappa shape index (κ2) is 7.66. The molecule has 100 valence electrons. The van der Waals surface area contributed by atoms with E-state index < -0.39 is 0 Å². The van der Waals surface area contributed by atoms with Gasteiger partial charge in [-0.05, 0) is 18.9 Å². The zero-order valence-corrected chi connectivity index (χ0v) is 11.3. The maximum absolute atomic E-state index is 11.3. The Kier molecular flexibility index (Phi) is 6.14. The summed E-state index contributed by atoms with van der Waals surface area (Å²) in [5.74, 6) is -0.248. The summed E-state index contributed by atoms with van der Waals surface area (Å²) in [5, 5.41) is 7.44. The van der Waals surface area contributed by atoms with E-state index in [2.05, 4.69) is 15.2 Å². The average Bonchev–Trinajstić information content (AvgIpc) is 2.78. The van der Waals surface area contributed by atoms with Crippen molar-refractivity contribution in [2.45, 2.75) is 26.8 Å². The lowest BCUT2D eigenvalue weighted by atomic mass is 10.2. The number of hydrogen-bond donors (Lipinski definition) is 1. The molecule has 0 saturated carbocycles. The normalized spacial score (nSPS) is 11.6. The number of esters is 1. The van der Waals surface area contributed by atoms with Gasteiger partial charge in [-0.2, -0.15) is 5.10 Å². The van der Waals surface area contributed by atoms with Crippen molar-refractivity contribution in [3.63, 3.8) is 0 Å². The molecule has 1 N–H and O–H groups in total. The Balaban J connectivity index is 2.25. The molecule has 18 heavy (non-hydrogen) atoms. The molecule has 0 saturated heterocycles. The molecule has 0 aliphatic rings. The summed E-state index contributed by atoms with van der Waals surface area (Å²) < 4.78 is 6.58. The molecule has 0 atom stereocenters. The van der Waals surface area contributed by atoms with Gasteiger partial charge in [0.25, 0.3) is 0 Å². The Hall–Kier alpha value is -1.62. The van der Waals surface area contributed by atoms with Crippen LogP contribution in [-0.2, 0) is 16.1 Å². The lowest BCUT2D eigenvalue weighted by Gasteiger charge is -2.04. The molecular formula is C13H21N3O2. The number of carbonyl (C=O) groups is 1. The van der Waals surface area contributed by atoms with Crippen molar-refractivity contribution in [2.24, 2.45) is 0 Å². The largest absolute Gasteiger partial charge is 0.466 e. The molecular weight excluding hydrogens is 230 g/mol. The van der Waals surface area contributed by atoms with Gasteiger partial charge in [-0.15, -0.1) is 0 Å². The van der Waals surface area contributed by atoms with Gasteiger partial charge in [0, 0.05) is 24.9 Å². The van der Waals surface area contributed by atoms with Crippen LogP contribution in [0, 0.1) is 6.92 Å². The maximum atomic E-state index is 11.3. The fraction of sp³-hybridized carbons (Fsp3) is 0.538. The van der Waals surface area contributed by atoms with Gasteiger partial charge in [0.15, 0.2) is 0 Å². The third-order valence-corrected chi connectivity index (χ3v) is 2.60. The summed E-state index contributed by atoms with van der Waals surface area (Å²) in [6.07, 6.45) is 6.41. The molecule has 0 aliphatic carbocycles. The van der Waals surface area contributed by atoms with Crippen LogP contribution in [0.15, 0.2) is 24.0 Å². The van der Waals surface area contributed by atoms with Crippen LogP contribution in [0.5, 0.6) is 0 Å². The predicted molar refractivity (Wildman–Crippen MR) is 70.2 cm³/mol. The topological polar surface area (TPSA) is 56.2 Å². The van der Waals surface area contributed by atoms with E-state index in [-0.39, 0.29) is 5.97 Å². The summed E-state index contributed by atoms with van der Waals surface area (Å²) >= 11 is 0. The summed E-state index contributed by atoms with van der Waals surface area (Å²) in [6, 6.07) is 0. The van der Waals surface area contributed by atoms with Gasteiger partial charge in [0.2, 0.25) is 0 Å². The Morgan fingerprint density at radius 1 is 1.61 bits per heavy atom. The summed E-state index contributed by atoms with van der Waals surface area (Å²) in [6.45, 7) is 6.26. The predicted octanol–water partition coefficient (Wildman–Crippen LogP) is 1.29. The molecule has 5 heteroatoms. The Labute approximate surface area is 108 Å². The molecule has 0 aromatic carbocycles. The van der Waals surface area contributed by atoms with Crippen molar-refractivity contribution >= 4 is 5.97 Å². The summed E-state index contributed by atoms with van der Waals surface area (Å²) in [7, 11) is 1.40. The van der Waals surface area contributed by atoms with Crippen molar-refractivity contribution in [1.82, 2.24) is 15.1 Å². The average molecular weight is 251 g/mol. The van der Waals surface area contributed by atoms with E-state index in [1.807, 2.05) is 37.0 Å². The Morgan fingerprint density at radius 2 is 2.39 bits per heavy atom. The highest BCUT2D eigenvalue weighted by Crippen LogP contribution is 2.01. The Morgan fingerprint density at radius 3 is 2.94 bits per heavy atom. The quantitative estimate of drug-likeness (QED) is 0.451. The summed E-state index contributed by atoms with van der Waals surface area (Å²) in [4.78, 5) is 11.3. The highest BCUT2D eigenvalue weighted by molar-refractivity contribution is 5.88. The van der Waals surface area contributed by atoms with Gasteiger partial charge in [-0.3, -0.25) is 4.68 Å². The number of aryl methyl sites for hydroxylation is 1. The second-order valence-electron chi connectivity index (χ2n) is 4.06. The standard InChI is InChI=1S/C13H21N3O2/c1-4-12(13(17)18-3)5-6-14-7-8-16-10-11(2)9-15-16/h5,9-10,14H,4,6-8H2,1-3H3/b12-5-. The fourth-order valence-electron chi connectivity index (χ4n) is 1.58. The molecule has 0 radical (unpaired) electrons. The first-order chi connectivity index (χ1) is 8.67. The molecule has 0 aliphatic heterocycles. The zero-order valence-electron chi connectivity index (χ0n) is 11.3. The SMILES string of the molecule is CC/C(=C/CNCCn1cc(C)cn1)C(=O)OC. The number of nitrogens with zero attached hydrogens (tertiary/aromatic N) is 2. The minimum atomic E-state index is -0.248. The van der Waals surface area contributed by atoms with Crippen LogP contribution in [0.25, 0.3) is 0 Å². The van der Waals surface area contributed by atoms with Crippen LogP contribution in [0.1, 0.15) is 18.9 Å². The zero-order chi connectivity index (χ0) is 13.4. The molecule has 1 aromatic heterocycles. The van der Waals surface area contributed by atoms with Crippen LogP contribution in [0.2, 0.25) is 0 Å². The van der Waals surface area contributed by atoms with E-state index in [0.29, 0.717) is 18.5 Å². The lowest BCUT2D eigenvalue weighted by molar-refractivity contribution is -0.136. The van der Waals surface area contributed by atoms with E-state index in [9.17, 15) is 4.79 Å². The number of ether oxygens (including phenoxy) is 1. The number of hydrogen-bond acceptors (Lipinski definition) is 4.